The maximum atomic E-state index is 13.0. The summed E-state index contributed by atoms with van der Waals surface area (Å²) in [5.74, 6) is -1.63. The van der Waals surface area contributed by atoms with Crippen LogP contribution in [0.5, 0.6) is 23.0 Å². The van der Waals surface area contributed by atoms with Gasteiger partial charge in [0.1, 0.15) is 0 Å². The lowest BCUT2D eigenvalue weighted by molar-refractivity contribution is -0.122. The highest BCUT2D eigenvalue weighted by molar-refractivity contribution is 6.01. The summed E-state index contributed by atoms with van der Waals surface area (Å²) >= 11 is 0. The zero-order chi connectivity index (χ0) is 26.5. The normalized spacial score (nSPS) is 12.1. The van der Waals surface area contributed by atoms with Crippen LogP contribution in [0.3, 0.4) is 0 Å². The van der Waals surface area contributed by atoms with Gasteiger partial charge >= 0.3 is 0 Å². The minimum atomic E-state index is -0.849. The first-order valence-electron chi connectivity index (χ1n) is 11.6. The molecule has 3 aromatic carbocycles. The van der Waals surface area contributed by atoms with E-state index >= 15 is 0 Å². The maximum Gasteiger partial charge on any atom is 0.255 e. The van der Waals surface area contributed by atoms with Crippen molar-refractivity contribution in [2.45, 2.75) is 18.9 Å². The Labute approximate surface area is 212 Å². The predicted octanol–water partition coefficient (Wildman–Crippen LogP) is 3.05. The molecule has 37 heavy (non-hydrogen) atoms. The molecule has 7 N–H and O–H groups in total. The van der Waals surface area contributed by atoms with Crippen LogP contribution < -0.4 is 11.1 Å². The van der Waals surface area contributed by atoms with Crippen LogP contribution in [-0.2, 0) is 17.6 Å². The van der Waals surface area contributed by atoms with Crippen LogP contribution in [0, 0.1) is 0 Å². The number of para-hydroxylation sites is 1. The first-order valence-corrected chi connectivity index (χ1v) is 11.6. The quantitative estimate of drug-likeness (QED) is 0.160. The first kappa shape index (κ1) is 25.3. The second-order valence-corrected chi connectivity index (χ2v) is 8.64. The molecule has 4 aromatic rings. The number of hydrogen-bond acceptors (Lipinski definition) is 7. The van der Waals surface area contributed by atoms with Crippen molar-refractivity contribution >= 4 is 28.8 Å². The lowest BCUT2D eigenvalue weighted by atomic mass is 10.0. The summed E-state index contributed by atoms with van der Waals surface area (Å²) < 4.78 is 1.48. The third-order valence-corrected chi connectivity index (χ3v) is 5.98. The van der Waals surface area contributed by atoms with Crippen molar-refractivity contribution in [1.29, 1.82) is 0 Å². The van der Waals surface area contributed by atoms with E-state index in [2.05, 4.69) is 5.32 Å². The van der Waals surface area contributed by atoms with Crippen molar-refractivity contribution in [2.75, 3.05) is 6.54 Å². The van der Waals surface area contributed by atoms with Gasteiger partial charge in [0.15, 0.2) is 23.0 Å². The fraction of sp³-hybridized carbons (Fsp3) is 0.143. The van der Waals surface area contributed by atoms with Crippen LogP contribution >= 0.6 is 0 Å². The second-order valence-electron chi connectivity index (χ2n) is 8.64. The number of aromatic nitrogens is 1. The van der Waals surface area contributed by atoms with Gasteiger partial charge in [0, 0.05) is 24.2 Å². The molecular weight excluding hydrogens is 474 g/mol. The molecule has 1 amide bonds. The topological polar surface area (TPSA) is 158 Å². The van der Waals surface area contributed by atoms with Gasteiger partial charge < -0.3 is 31.5 Å². The van der Waals surface area contributed by atoms with Crippen LogP contribution in [0.2, 0.25) is 0 Å². The Morgan fingerprint density at radius 2 is 1.62 bits per heavy atom. The molecule has 0 unspecified atom stereocenters. The number of nitrogens with two attached hydrogens (primary N) is 1. The Hall–Kier alpha value is -4.76. The van der Waals surface area contributed by atoms with Crippen LogP contribution in [0.1, 0.15) is 21.5 Å². The molecule has 0 aliphatic rings. The van der Waals surface area contributed by atoms with E-state index in [4.69, 9.17) is 5.73 Å². The number of carbonyl (C=O) groups excluding carboxylic acids is 2. The van der Waals surface area contributed by atoms with Crippen molar-refractivity contribution < 1.29 is 30.0 Å². The number of aromatic hydroxyl groups is 4. The Morgan fingerprint density at radius 1 is 0.919 bits per heavy atom. The summed E-state index contributed by atoms with van der Waals surface area (Å²) in [7, 11) is 0. The molecule has 1 heterocycles. The van der Waals surface area contributed by atoms with Gasteiger partial charge in [-0.15, -0.1) is 0 Å². The van der Waals surface area contributed by atoms with Gasteiger partial charge in [0.2, 0.25) is 5.91 Å². The molecular formula is C28H27N3O6. The van der Waals surface area contributed by atoms with Gasteiger partial charge in [-0.3, -0.25) is 14.2 Å². The predicted molar refractivity (Wildman–Crippen MR) is 140 cm³/mol. The van der Waals surface area contributed by atoms with Gasteiger partial charge in [0.25, 0.3) is 5.91 Å². The zero-order valence-electron chi connectivity index (χ0n) is 19.8. The van der Waals surface area contributed by atoms with Crippen molar-refractivity contribution in [1.82, 2.24) is 9.88 Å². The molecule has 1 aromatic heterocycles. The highest BCUT2D eigenvalue weighted by Gasteiger charge is 2.18. The zero-order valence-corrected chi connectivity index (χ0v) is 19.8. The highest BCUT2D eigenvalue weighted by atomic mass is 16.3. The van der Waals surface area contributed by atoms with E-state index in [9.17, 15) is 30.0 Å². The summed E-state index contributed by atoms with van der Waals surface area (Å²) in [5, 5.41) is 41.7. The molecule has 4 rings (SSSR count). The summed E-state index contributed by atoms with van der Waals surface area (Å²) in [6, 6.07) is 15.2. The van der Waals surface area contributed by atoms with E-state index in [0.717, 1.165) is 16.5 Å². The number of rotatable bonds is 8. The van der Waals surface area contributed by atoms with E-state index in [0.29, 0.717) is 24.0 Å². The van der Waals surface area contributed by atoms with Gasteiger partial charge in [-0.25, -0.2) is 0 Å². The molecule has 0 fully saturated rings. The van der Waals surface area contributed by atoms with Crippen LogP contribution in [-0.4, -0.2) is 49.4 Å². The minimum Gasteiger partial charge on any atom is -0.504 e. The summed E-state index contributed by atoms with van der Waals surface area (Å²) in [4.78, 5) is 25.6. The molecule has 9 nitrogen and oxygen atoms in total. The van der Waals surface area contributed by atoms with Crippen LogP contribution in [0.4, 0.5) is 0 Å². The molecule has 0 aliphatic heterocycles. The van der Waals surface area contributed by atoms with Gasteiger partial charge in [-0.05, 0) is 65.9 Å². The number of phenolic OH excluding ortho intramolecular Hbond substituents is 4. The third-order valence-electron chi connectivity index (χ3n) is 5.98. The van der Waals surface area contributed by atoms with Gasteiger partial charge in [-0.2, -0.15) is 0 Å². The molecule has 0 radical (unpaired) electrons. The number of fused-ring (bicyclic) bond motifs is 1. The van der Waals surface area contributed by atoms with E-state index in [1.807, 2.05) is 18.2 Å². The van der Waals surface area contributed by atoms with Crippen LogP contribution in [0.15, 0.2) is 72.9 Å². The van der Waals surface area contributed by atoms with Crippen LogP contribution in [0.25, 0.3) is 17.0 Å². The number of nitrogens with zero attached hydrogens (tertiary/aromatic N) is 1. The average Bonchev–Trinajstić information content (AvgIpc) is 3.25. The van der Waals surface area contributed by atoms with E-state index in [-0.39, 0.29) is 41.2 Å². The van der Waals surface area contributed by atoms with E-state index < -0.39 is 6.04 Å². The van der Waals surface area contributed by atoms with Gasteiger partial charge in [-0.1, -0.05) is 30.3 Å². The SMILES string of the molecule is N[C@@H](Cc1cn(C(=O)C=Cc2ccc(O)c(O)c2)c2ccccc12)C(=O)NCCc1ccc(O)c(O)c1. The molecule has 1 atom stereocenters. The van der Waals surface area contributed by atoms with Crippen molar-refractivity contribution in [3.05, 3.63) is 89.6 Å². The Bertz CT molecular complexity index is 1490. The van der Waals surface area contributed by atoms with Crippen molar-refractivity contribution in [3.8, 4) is 23.0 Å². The lowest BCUT2D eigenvalue weighted by Gasteiger charge is -2.12. The number of phenols is 4. The standard InChI is InChI=1S/C28H27N3O6/c29-21(28(37)30-12-11-18-6-9-24(33)26(35)14-18)15-19-16-31(22-4-2-1-3-20(19)22)27(36)10-7-17-5-8-23(32)25(34)13-17/h1-10,13-14,16,21,32-35H,11-12,15,29H2,(H,30,37)/t21-/m0/s1. The number of amides is 1. The fourth-order valence-corrected chi connectivity index (χ4v) is 4.00. The Morgan fingerprint density at radius 3 is 2.35 bits per heavy atom. The Kier molecular flexibility index (Phi) is 7.45. The molecule has 9 heteroatoms. The van der Waals surface area contributed by atoms with E-state index in [1.54, 1.807) is 24.4 Å². The smallest absolute Gasteiger partial charge is 0.255 e. The van der Waals surface area contributed by atoms with Crippen molar-refractivity contribution in [2.24, 2.45) is 5.73 Å². The summed E-state index contributed by atoms with van der Waals surface area (Å²) in [6.07, 6.45) is 5.21. The lowest BCUT2D eigenvalue weighted by Crippen LogP contribution is -2.42. The first-order chi connectivity index (χ1) is 17.7. The minimum absolute atomic E-state index is 0.206. The Balaban J connectivity index is 1.44. The number of allylic oxidation sites excluding steroid dienone is 1. The molecule has 0 saturated heterocycles. The highest BCUT2D eigenvalue weighted by Crippen LogP contribution is 2.27. The fourth-order valence-electron chi connectivity index (χ4n) is 4.00. The van der Waals surface area contributed by atoms with Gasteiger partial charge in [0.05, 0.1) is 11.6 Å². The molecule has 0 bridgehead atoms. The number of nitrogens with one attached hydrogen (secondary N) is 1. The molecule has 0 spiro atoms. The summed E-state index contributed by atoms with van der Waals surface area (Å²) in [6.45, 7) is 0.300. The monoisotopic (exact) mass is 501 g/mol. The summed E-state index contributed by atoms with van der Waals surface area (Å²) in [5.41, 5.74) is 8.88. The van der Waals surface area contributed by atoms with E-state index in [1.165, 1.54) is 41.0 Å². The largest absolute Gasteiger partial charge is 0.504 e. The van der Waals surface area contributed by atoms with Crippen molar-refractivity contribution in [3.63, 3.8) is 0 Å². The number of benzene rings is 3. The maximum absolute atomic E-state index is 13.0. The molecule has 0 saturated carbocycles. The number of carbonyl (C=O) groups is 2. The molecule has 190 valence electrons. The molecule has 0 aliphatic carbocycles. The second kappa shape index (κ2) is 10.9. The average molecular weight is 502 g/mol. The number of hydrogen-bond donors (Lipinski definition) is 6. The third kappa shape index (κ3) is 5.91.